The van der Waals surface area contributed by atoms with E-state index in [0.29, 0.717) is 26.9 Å². The van der Waals surface area contributed by atoms with Crippen LogP contribution in [0.4, 0.5) is 5.69 Å². The molecule has 3 aromatic carbocycles. The summed E-state index contributed by atoms with van der Waals surface area (Å²) in [6.45, 7) is 2.93. The van der Waals surface area contributed by atoms with Gasteiger partial charge in [0.05, 0.1) is 10.6 Å². The van der Waals surface area contributed by atoms with Crippen LogP contribution < -0.4 is 9.62 Å². The van der Waals surface area contributed by atoms with Crippen molar-refractivity contribution in [3.05, 3.63) is 94.0 Å². The first-order valence-corrected chi connectivity index (χ1v) is 15.4. The van der Waals surface area contributed by atoms with E-state index in [1.165, 1.54) is 17.0 Å². The first kappa shape index (κ1) is 29.9. The maximum absolute atomic E-state index is 14.1. The number of rotatable bonds is 10. The van der Waals surface area contributed by atoms with E-state index in [-0.39, 0.29) is 23.4 Å². The second-order valence-corrected chi connectivity index (χ2v) is 12.7. The number of nitrogens with zero attached hydrogens (tertiary/aromatic N) is 2. The fraction of sp³-hybridized carbons (Fsp3) is 0.333. The van der Waals surface area contributed by atoms with E-state index in [9.17, 15) is 18.0 Å². The van der Waals surface area contributed by atoms with Crippen LogP contribution in [0.2, 0.25) is 10.0 Å². The summed E-state index contributed by atoms with van der Waals surface area (Å²) < 4.78 is 28.8. The zero-order valence-corrected chi connectivity index (χ0v) is 24.8. The second kappa shape index (κ2) is 13.1. The van der Waals surface area contributed by atoms with E-state index in [1.807, 2.05) is 0 Å². The summed E-state index contributed by atoms with van der Waals surface area (Å²) in [6, 6.07) is 19.1. The minimum absolute atomic E-state index is 0.00108. The molecule has 0 radical (unpaired) electrons. The van der Waals surface area contributed by atoms with Crippen LogP contribution in [0.1, 0.15) is 43.7 Å². The minimum Gasteiger partial charge on any atom is -0.352 e. The number of carbonyl (C=O) groups is 2. The Morgan fingerprint density at radius 3 is 2.27 bits per heavy atom. The maximum atomic E-state index is 14.1. The Morgan fingerprint density at radius 2 is 1.62 bits per heavy atom. The lowest BCUT2D eigenvalue weighted by Crippen LogP contribution is -2.52. The van der Waals surface area contributed by atoms with Gasteiger partial charge in [0, 0.05) is 22.6 Å². The predicted octanol–water partition coefficient (Wildman–Crippen LogP) is 5.97. The van der Waals surface area contributed by atoms with Crippen molar-refractivity contribution in [2.45, 2.75) is 63.1 Å². The Hall–Kier alpha value is -3.07. The lowest BCUT2D eigenvalue weighted by Gasteiger charge is -2.33. The molecule has 0 aliphatic heterocycles. The molecule has 1 saturated carbocycles. The first-order chi connectivity index (χ1) is 19.1. The van der Waals surface area contributed by atoms with Crippen molar-refractivity contribution in [2.75, 3.05) is 10.8 Å². The summed E-state index contributed by atoms with van der Waals surface area (Å²) in [5.41, 5.74) is 1.66. The van der Waals surface area contributed by atoms with Gasteiger partial charge >= 0.3 is 0 Å². The van der Waals surface area contributed by atoms with Crippen molar-refractivity contribution in [3.63, 3.8) is 0 Å². The molecule has 7 nitrogen and oxygen atoms in total. The Bertz CT molecular complexity index is 1460. The molecule has 1 aliphatic rings. The van der Waals surface area contributed by atoms with Crippen molar-refractivity contribution < 1.29 is 18.0 Å². The molecule has 40 heavy (non-hydrogen) atoms. The quantitative estimate of drug-likeness (QED) is 0.310. The third-order valence-electron chi connectivity index (χ3n) is 7.22. The number of para-hydroxylation sites is 1. The average Bonchev–Trinajstić information content (AvgIpc) is 3.45. The number of carbonyl (C=O) groups excluding carboxylic acids is 2. The highest BCUT2D eigenvalue weighted by atomic mass is 35.5. The van der Waals surface area contributed by atoms with E-state index in [0.717, 1.165) is 30.0 Å². The van der Waals surface area contributed by atoms with Crippen molar-refractivity contribution in [2.24, 2.45) is 0 Å². The molecule has 0 unspecified atom stereocenters. The monoisotopic (exact) mass is 601 g/mol. The number of nitrogens with one attached hydrogen (secondary N) is 1. The fourth-order valence-electron chi connectivity index (χ4n) is 4.88. The Morgan fingerprint density at radius 1 is 0.975 bits per heavy atom. The molecule has 1 N–H and O–H groups in total. The highest BCUT2D eigenvalue weighted by molar-refractivity contribution is 7.92. The predicted molar refractivity (Wildman–Crippen MR) is 159 cm³/mol. The Kier molecular flexibility index (Phi) is 9.77. The molecule has 0 aromatic heterocycles. The average molecular weight is 603 g/mol. The summed E-state index contributed by atoms with van der Waals surface area (Å²) in [7, 11) is -4.11. The number of aryl methyl sites for hydroxylation is 1. The Labute approximate surface area is 246 Å². The van der Waals surface area contributed by atoms with Gasteiger partial charge in [0.15, 0.2) is 0 Å². The number of benzene rings is 3. The van der Waals surface area contributed by atoms with Gasteiger partial charge in [-0.25, -0.2) is 8.42 Å². The number of anilines is 1. The number of hydrogen-bond acceptors (Lipinski definition) is 4. The molecule has 0 saturated heterocycles. The lowest BCUT2D eigenvalue weighted by molar-refractivity contribution is -0.139. The standard InChI is InChI=1S/C30H33Cl2N3O4S/c1-21-10-6-9-15-28(21)35(40(38,39)26-13-4-3-5-14-26)20-29(36)34(19-23-16-17-24(31)18-27(23)32)22(2)30(37)33-25-11-7-8-12-25/h3-6,9-10,13-18,22,25H,7-8,11-12,19-20H2,1-2H3,(H,33,37)/t22-/m1/s1. The highest BCUT2D eigenvalue weighted by Crippen LogP contribution is 2.28. The van der Waals surface area contributed by atoms with Gasteiger partial charge in [-0.2, -0.15) is 0 Å². The molecule has 0 bridgehead atoms. The van der Waals surface area contributed by atoms with Crippen molar-refractivity contribution in [1.82, 2.24) is 10.2 Å². The number of amides is 2. The van der Waals surface area contributed by atoms with Gasteiger partial charge in [-0.05, 0) is 68.1 Å². The number of sulfonamides is 1. The minimum atomic E-state index is -4.11. The van der Waals surface area contributed by atoms with Gasteiger partial charge in [-0.15, -0.1) is 0 Å². The van der Waals surface area contributed by atoms with Gasteiger partial charge in [0.2, 0.25) is 11.8 Å². The molecule has 0 heterocycles. The lowest BCUT2D eigenvalue weighted by atomic mass is 10.1. The zero-order chi connectivity index (χ0) is 28.9. The van der Waals surface area contributed by atoms with Gasteiger partial charge < -0.3 is 10.2 Å². The SMILES string of the molecule is Cc1ccccc1N(CC(=O)N(Cc1ccc(Cl)cc1Cl)[C@H](C)C(=O)NC1CCCC1)S(=O)(=O)c1ccccc1. The van der Waals surface area contributed by atoms with Crippen LogP contribution in [0, 0.1) is 6.92 Å². The van der Waals surface area contributed by atoms with Crippen LogP contribution in [0.3, 0.4) is 0 Å². The molecule has 4 rings (SSSR count). The van der Waals surface area contributed by atoms with Gasteiger partial charge in [0.1, 0.15) is 12.6 Å². The van der Waals surface area contributed by atoms with Crippen LogP contribution in [0.25, 0.3) is 0 Å². The van der Waals surface area contributed by atoms with E-state index < -0.39 is 28.5 Å². The molecule has 2 amide bonds. The summed E-state index contributed by atoms with van der Waals surface area (Å²) in [5, 5.41) is 3.85. The molecular weight excluding hydrogens is 569 g/mol. The summed E-state index contributed by atoms with van der Waals surface area (Å²) in [4.78, 5) is 28.8. The molecule has 10 heteroatoms. The summed E-state index contributed by atoms with van der Waals surface area (Å²) >= 11 is 12.5. The van der Waals surface area contributed by atoms with Gasteiger partial charge in [0.25, 0.3) is 10.0 Å². The zero-order valence-electron chi connectivity index (χ0n) is 22.5. The van der Waals surface area contributed by atoms with E-state index in [2.05, 4.69) is 5.32 Å². The van der Waals surface area contributed by atoms with E-state index in [4.69, 9.17) is 23.2 Å². The van der Waals surface area contributed by atoms with Crippen LogP contribution in [-0.2, 0) is 26.2 Å². The molecular formula is C30H33Cl2N3O4S. The van der Waals surface area contributed by atoms with Crippen LogP contribution in [0.5, 0.6) is 0 Å². The third-order valence-corrected chi connectivity index (χ3v) is 9.58. The second-order valence-electron chi connectivity index (χ2n) is 10.0. The van der Waals surface area contributed by atoms with E-state index >= 15 is 0 Å². The van der Waals surface area contributed by atoms with Crippen molar-refractivity contribution >= 4 is 50.7 Å². The highest BCUT2D eigenvalue weighted by Gasteiger charge is 2.34. The largest absolute Gasteiger partial charge is 0.352 e. The molecule has 212 valence electrons. The molecule has 1 fully saturated rings. The first-order valence-electron chi connectivity index (χ1n) is 13.2. The smallest absolute Gasteiger partial charge is 0.264 e. The maximum Gasteiger partial charge on any atom is 0.264 e. The van der Waals surface area contributed by atoms with Crippen LogP contribution in [0.15, 0.2) is 77.7 Å². The normalized spacial score (nSPS) is 14.5. The number of halogens is 2. The van der Waals surface area contributed by atoms with Crippen molar-refractivity contribution in [3.8, 4) is 0 Å². The summed E-state index contributed by atoms with van der Waals surface area (Å²) in [6.07, 6.45) is 3.88. The van der Waals surface area contributed by atoms with Crippen molar-refractivity contribution in [1.29, 1.82) is 0 Å². The topological polar surface area (TPSA) is 86.8 Å². The summed E-state index contributed by atoms with van der Waals surface area (Å²) in [5.74, 6) is -0.832. The molecule has 1 aliphatic carbocycles. The van der Waals surface area contributed by atoms with Gasteiger partial charge in [-0.3, -0.25) is 13.9 Å². The molecule has 3 aromatic rings. The third kappa shape index (κ3) is 6.97. The molecule has 1 atom stereocenters. The fourth-order valence-corrected chi connectivity index (χ4v) is 6.85. The number of hydrogen-bond donors (Lipinski definition) is 1. The van der Waals surface area contributed by atoms with E-state index in [1.54, 1.807) is 74.5 Å². The Balaban J connectivity index is 1.70. The van der Waals surface area contributed by atoms with Crippen LogP contribution in [-0.4, -0.2) is 43.8 Å². The molecule has 0 spiro atoms. The van der Waals surface area contributed by atoms with Gasteiger partial charge in [-0.1, -0.05) is 78.5 Å². The van der Waals surface area contributed by atoms with Crippen LogP contribution >= 0.6 is 23.2 Å².